The summed E-state index contributed by atoms with van der Waals surface area (Å²) >= 11 is 0. The van der Waals surface area contributed by atoms with Crippen molar-refractivity contribution in [1.29, 1.82) is 0 Å². The monoisotopic (exact) mass is 350 g/mol. The number of rotatable bonds is 3. The second kappa shape index (κ2) is 6.58. The van der Waals surface area contributed by atoms with E-state index in [9.17, 15) is 18.0 Å². The lowest BCUT2D eigenvalue weighted by Crippen LogP contribution is -2.42. The van der Waals surface area contributed by atoms with E-state index in [0.29, 0.717) is 12.1 Å². The number of aryl methyl sites for hydroxylation is 1. The van der Waals surface area contributed by atoms with Crippen molar-refractivity contribution in [1.82, 2.24) is 9.47 Å². The summed E-state index contributed by atoms with van der Waals surface area (Å²) < 4.78 is 40.4. The molecule has 2 aromatic rings. The van der Waals surface area contributed by atoms with Crippen molar-refractivity contribution in [3.05, 3.63) is 42.1 Å². The largest absolute Gasteiger partial charge is 0.391 e. The zero-order chi connectivity index (χ0) is 18.2. The highest BCUT2D eigenvalue weighted by molar-refractivity contribution is 6.07. The van der Waals surface area contributed by atoms with Crippen LogP contribution >= 0.6 is 0 Å². The molecule has 1 aromatic carbocycles. The Balaban J connectivity index is 1.87. The molecular weight excluding hydrogens is 329 g/mol. The zero-order valence-electron chi connectivity index (χ0n) is 14.1. The summed E-state index contributed by atoms with van der Waals surface area (Å²) in [6, 6.07) is 5.74. The fourth-order valence-corrected chi connectivity index (χ4v) is 3.45. The average Bonchev–Trinajstić information content (AvgIpc) is 2.98. The van der Waals surface area contributed by atoms with Gasteiger partial charge in [0, 0.05) is 36.7 Å². The maximum Gasteiger partial charge on any atom is 0.391 e. The SMILES string of the molecule is C=Cc1ccc2c(C(=O)N3CCC(C(F)(F)F)CC3)cn(CC)c2c1. The minimum atomic E-state index is -4.17. The molecule has 25 heavy (non-hydrogen) atoms. The zero-order valence-corrected chi connectivity index (χ0v) is 14.1. The Bertz CT molecular complexity index is 799. The maximum absolute atomic E-state index is 12.9. The van der Waals surface area contributed by atoms with Gasteiger partial charge in [-0.2, -0.15) is 13.2 Å². The smallest absolute Gasteiger partial charge is 0.347 e. The molecule has 0 bridgehead atoms. The van der Waals surface area contributed by atoms with Crippen molar-refractivity contribution in [2.24, 2.45) is 5.92 Å². The summed E-state index contributed by atoms with van der Waals surface area (Å²) in [5, 5.41) is 0.829. The van der Waals surface area contributed by atoms with Crippen LogP contribution in [0.15, 0.2) is 31.0 Å². The summed E-state index contributed by atoms with van der Waals surface area (Å²) in [4.78, 5) is 14.4. The van der Waals surface area contributed by atoms with E-state index in [2.05, 4.69) is 6.58 Å². The minimum Gasteiger partial charge on any atom is -0.347 e. The van der Waals surface area contributed by atoms with Crippen LogP contribution in [0.25, 0.3) is 17.0 Å². The maximum atomic E-state index is 12.9. The minimum absolute atomic E-state index is 0.0255. The molecule has 1 aliphatic heterocycles. The number of carbonyl (C=O) groups is 1. The predicted molar refractivity (Wildman–Crippen MR) is 92.4 cm³/mol. The van der Waals surface area contributed by atoms with Crippen LogP contribution in [0.3, 0.4) is 0 Å². The fourth-order valence-electron chi connectivity index (χ4n) is 3.45. The molecule has 1 fully saturated rings. The molecule has 0 unspecified atom stereocenters. The first-order valence-electron chi connectivity index (χ1n) is 8.46. The third kappa shape index (κ3) is 3.30. The molecule has 0 N–H and O–H groups in total. The van der Waals surface area contributed by atoms with E-state index in [-0.39, 0.29) is 31.8 Å². The Labute approximate surface area is 144 Å². The molecule has 1 aliphatic rings. The van der Waals surface area contributed by atoms with Crippen LogP contribution in [0.2, 0.25) is 0 Å². The summed E-state index contributed by atoms with van der Waals surface area (Å²) in [7, 11) is 0. The van der Waals surface area contributed by atoms with Gasteiger partial charge < -0.3 is 9.47 Å². The number of fused-ring (bicyclic) bond motifs is 1. The molecule has 134 valence electrons. The lowest BCUT2D eigenvalue weighted by molar-refractivity contribution is -0.183. The van der Waals surface area contributed by atoms with Crippen LogP contribution < -0.4 is 0 Å². The lowest BCUT2D eigenvalue weighted by atomic mass is 9.96. The highest BCUT2D eigenvalue weighted by Gasteiger charge is 2.41. The van der Waals surface area contributed by atoms with Gasteiger partial charge in [-0.15, -0.1) is 0 Å². The Hall–Kier alpha value is -2.24. The molecule has 1 amide bonds. The van der Waals surface area contributed by atoms with Crippen molar-refractivity contribution in [2.75, 3.05) is 13.1 Å². The molecular formula is C19H21F3N2O. The number of likely N-dealkylation sites (tertiary alicyclic amines) is 1. The van der Waals surface area contributed by atoms with Gasteiger partial charge in [0.2, 0.25) is 0 Å². The number of aromatic nitrogens is 1. The summed E-state index contributed by atoms with van der Waals surface area (Å²) in [5.74, 6) is -1.49. The predicted octanol–water partition coefficient (Wildman–Crippen LogP) is 4.72. The van der Waals surface area contributed by atoms with Crippen LogP contribution in [0.4, 0.5) is 13.2 Å². The van der Waals surface area contributed by atoms with Gasteiger partial charge in [0.1, 0.15) is 0 Å². The van der Waals surface area contributed by atoms with Gasteiger partial charge >= 0.3 is 6.18 Å². The van der Waals surface area contributed by atoms with Crippen molar-refractivity contribution in [2.45, 2.75) is 32.5 Å². The molecule has 0 saturated carbocycles. The molecule has 2 heterocycles. The van der Waals surface area contributed by atoms with Gasteiger partial charge in [0.15, 0.2) is 0 Å². The van der Waals surface area contributed by atoms with Gasteiger partial charge in [-0.3, -0.25) is 4.79 Å². The second-order valence-corrected chi connectivity index (χ2v) is 6.42. The number of amides is 1. The Morgan fingerprint density at radius 3 is 2.56 bits per heavy atom. The molecule has 1 aromatic heterocycles. The van der Waals surface area contributed by atoms with Crippen molar-refractivity contribution < 1.29 is 18.0 Å². The first kappa shape index (κ1) is 17.6. The van der Waals surface area contributed by atoms with Gasteiger partial charge in [-0.05, 0) is 31.4 Å². The fraction of sp³-hybridized carbons (Fsp3) is 0.421. The number of alkyl halides is 3. The summed E-state index contributed by atoms with van der Waals surface area (Å²) in [6.07, 6.45) is -0.676. The van der Waals surface area contributed by atoms with Crippen LogP contribution in [0.5, 0.6) is 0 Å². The standard InChI is InChI=1S/C19H21F3N2O/c1-3-13-5-6-15-16(12-23(4-2)17(15)11-13)18(25)24-9-7-14(8-10-24)19(20,21)22/h3,5-6,11-12,14H,1,4,7-10H2,2H3. The van der Waals surface area contributed by atoms with E-state index in [0.717, 1.165) is 16.5 Å². The quantitative estimate of drug-likeness (QED) is 0.786. The Kier molecular flexibility index (Phi) is 4.62. The Morgan fingerprint density at radius 2 is 2.00 bits per heavy atom. The summed E-state index contributed by atoms with van der Waals surface area (Å²) in [5.41, 5.74) is 2.46. The first-order valence-corrected chi connectivity index (χ1v) is 8.46. The number of carbonyl (C=O) groups excluding carboxylic acids is 1. The molecule has 0 radical (unpaired) electrons. The topological polar surface area (TPSA) is 25.2 Å². The van der Waals surface area contributed by atoms with Crippen molar-refractivity contribution in [3.63, 3.8) is 0 Å². The number of benzene rings is 1. The van der Waals surface area contributed by atoms with E-state index < -0.39 is 12.1 Å². The molecule has 6 heteroatoms. The molecule has 0 spiro atoms. The van der Waals surface area contributed by atoms with Crippen molar-refractivity contribution in [3.8, 4) is 0 Å². The van der Waals surface area contributed by atoms with E-state index in [4.69, 9.17) is 0 Å². The van der Waals surface area contributed by atoms with E-state index in [1.54, 1.807) is 17.2 Å². The number of halogens is 3. The third-order valence-corrected chi connectivity index (χ3v) is 4.96. The van der Waals surface area contributed by atoms with Crippen LogP contribution in [-0.2, 0) is 6.54 Å². The van der Waals surface area contributed by atoms with Crippen LogP contribution in [-0.4, -0.2) is 34.6 Å². The summed E-state index contributed by atoms with van der Waals surface area (Å²) in [6.45, 7) is 6.75. The van der Waals surface area contributed by atoms with E-state index in [1.807, 2.05) is 29.7 Å². The van der Waals surface area contributed by atoms with Crippen LogP contribution in [0, 0.1) is 5.92 Å². The van der Waals surface area contributed by atoms with Crippen LogP contribution in [0.1, 0.15) is 35.7 Å². The van der Waals surface area contributed by atoms with Gasteiger partial charge in [0.25, 0.3) is 5.91 Å². The molecule has 3 nitrogen and oxygen atoms in total. The van der Waals surface area contributed by atoms with Crippen molar-refractivity contribution >= 4 is 22.9 Å². The first-order chi connectivity index (χ1) is 11.8. The number of nitrogens with zero attached hydrogens (tertiary/aromatic N) is 2. The number of hydrogen-bond donors (Lipinski definition) is 0. The average molecular weight is 350 g/mol. The molecule has 0 atom stereocenters. The highest BCUT2D eigenvalue weighted by atomic mass is 19.4. The van der Waals surface area contributed by atoms with E-state index >= 15 is 0 Å². The normalized spacial score (nSPS) is 16.4. The van der Waals surface area contributed by atoms with Gasteiger partial charge in [-0.25, -0.2) is 0 Å². The van der Waals surface area contributed by atoms with E-state index in [1.165, 1.54) is 0 Å². The van der Waals surface area contributed by atoms with Gasteiger partial charge in [-0.1, -0.05) is 24.8 Å². The third-order valence-electron chi connectivity index (χ3n) is 4.96. The molecule has 3 rings (SSSR count). The molecule has 0 aliphatic carbocycles. The Morgan fingerprint density at radius 1 is 1.32 bits per heavy atom. The number of piperidine rings is 1. The highest BCUT2D eigenvalue weighted by Crippen LogP contribution is 2.35. The molecule has 1 saturated heterocycles. The number of hydrogen-bond acceptors (Lipinski definition) is 1. The van der Waals surface area contributed by atoms with Gasteiger partial charge in [0.05, 0.1) is 11.5 Å². The second-order valence-electron chi connectivity index (χ2n) is 6.42. The lowest BCUT2D eigenvalue weighted by Gasteiger charge is -2.32.